The fourth-order valence-electron chi connectivity index (χ4n) is 3.90. The van der Waals surface area contributed by atoms with Crippen LogP contribution in [0.1, 0.15) is 20.8 Å². The number of hydrogen-bond acceptors (Lipinski definition) is 2. The molecule has 3 heteroatoms. The van der Waals surface area contributed by atoms with Crippen molar-refractivity contribution in [1.29, 1.82) is 0 Å². The average Bonchev–Trinajstić information content (AvgIpc) is 3.10. The van der Waals surface area contributed by atoms with Crippen molar-refractivity contribution in [3.8, 4) is 22.5 Å². The van der Waals surface area contributed by atoms with Crippen molar-refractivity contribution >= 4 is 22.1 Å². The van der Waals surface area contributed by atoms with Crippen molar-refractivity contribution in [2.45, 2.75) is 20.7 Å². The Morgan fingerprint density at radius 1 is 0.897 bits per heavy atom. The van der Waals surface area contributed by atoms with Gasteiger partial charge in [0.1, 0.15) is 12.6 Å². The molecule has 0 aliphatic rings. The summed E-state index contributed by atoms with van der Waals surface area (Å²) >= 11 is 0. The predicted octanol–water partition coefficient (Wildman–Crippen LogP) is 6.06. The van der Waals surface area contributed by atoms with E-state index in [0.29, 0.717) is 17.0 Å². The lowest BCUT2D eigenvalue weighted by atomic mass is 9.99. The summed E-state index contributed by atoms with van der Waals surface area (Å²) in [6.07, 6.45) is 1.69. The zero-order chi connectivity index (χ0) is 22.6. The molecule has 3 nitrogen and oxygen atoms in total. The van der Waals surface area contributed by atoms with Crippen LogP contribution in [0.25, 0.3) is 44.6 Å². The van der Waals surface area contributed by atoms with Gasteiger partial charge in [-0.2, -0.15) is 0 Å². The Labute approximate surface area is 174 Å². The number of hydrogen-bond donors (Lipinski definition) is 0. The third kappa shape index (κ3) is 2.90. The largest absolute Gasteiger partial charge is 0.438 e. The molecule has 0 saturated carbocycles. The van der Waals surface area contributed by atoms with Crippen LogP contribution in [0.3, 0.4) is 0 Å². The van der Waals surface area contributed by atoms with Crippen LogP contribution in [0.2, 0.25) is 0 Å². The zero-order valence-corrected chi connectivity index (χ0v) is 16.7. The number of furan rings is 1. The minimum atomic E-state index is -2.28. The van der Waals surface area contributed by atoms with Gasteiger partial charge in [-0.25, -0.2) is 9.55 Å². The third-order valence-electron chi connectivity index (χ3n) is 5.47. The first-order chi connectivity index (χ1) is 15.2. The Kier molecular flexibility index (Phi) is 3.28. The highest BCUT2D eigenvalue weighted by Gasteiger charge is 2.18. The maximum atomic E-state index is 8.12. The van der Waals surface area contributed by atoms with E-state index in [1.807, 2.05) is 86.1 Å². The van der Waals surface area contributed by atoms with E-state index in [1.165, 1.54) is 0 Å². The summed E-state index contributed by atoms with van der Waals surface area (Å²) in [6, 6.07) is 19.9. The average molecular weight is 383 g/mol. The molecule has 0 aliphatic carbocycles. The van der Waals surface area contributed by atoms with Gasteiger partial charge in [-0.3, -0.25) is 0 Å². The van der Waals surface area contributed by atoms with E-state index in [4.69, 9.17) is 13.5 Å². The van der Waals surface area contributed by atoms with Crippen molar-refractivity contribution in [2.24, 2.45) is 7.05 Å². The molecule has 0 N–H and O–H groups in total. The molecule has 2 aromatic carbocycles. The van der Waals surface area contributed by atoms with Gasteiger partial charge in [0, 0.05) is 37.6 Å². The van der Waals surface area contributed by atoms with Crippen molar-refractivity contribution in [1.82, 2.24) is 4.98 Å². The number of aryl methyl sites for hydroxylation is 4. The number of pyridine rings is 2. The maximum absolute atomic E-state index is 8.12. The van der Waals surface area contributed by atoms with E-state index in [1.54, 1.807) is 6.20 Å². The predicted molar refractivity (Wildman–Crippen MR) is 118 cm³/mol. The van der Waals surface area contributed by atoms with Crippen molar-refractivity contribution < 1.29 is 13.1 Å². The Morgan fingerprint density at radius 3 is 2.55 bits per heavy atom. The van der Waals surface area contributed by atoms with E-state index in [-0.39, 0.29) is 5.56 Å². The second kappa shape index (κ2) is 6.56. The monoisotopic (exact) mass is 382 g/mol. The van der Waals surface area contributed by atoms with E-state index in [0.717, 1.165) is 38.7 Å². The molecule has 5 rings (SSSR count). The molecular weight excluding hydrogens is 356 g/mol. The van der Waals surface area contributed by atoms with Crippen LogP contribution in [0, 0.1) is 20.7 Å². The Balaban J connectivity index is 1.77. The number of nitrogens with zero attached hydrogens (tertiary/aromatic N) is 2. The minimum Gasteiger partial charge on any atom is -0.438 e. The first-order valence-corrected chi connectivity index (χ1v) is 9.63. The highest BCUT2D eigenvalue weighted by molar-refractivity contribution is 6.04. The Bertz CT molecular complexity index is 1500. The first kappa shape index (κ1) is 14.5. The van der Waals surface area contributed by atoms with Crippen LogP contribution in [-0.2, 0) is 7.05 Å². The van der Waals surface area contributed by atoms with E-state index in [9.17, 15) is 0 Å². The number of aromatic nitrogens is 2. The van der Waals surface area contributed by atoms with Crippen molar-refractivity contribution in [2.75, 3.05) is 0 Å². The molecule has 0 bridgehead atoms. The highest BCUT2D eigenvalue weighted by atomic mass is 16.3. The summed E-state index contributed by atoms with van der Waals surface area (Å²) < 4.78 is 32.3. The van der Waals surface area contributed by atoms with E-state index >= 15 is 0 Å². The maximum Gasteiger partial charge on any atom is 0.227 e. The molecule has 0 radical (unpaired) electrons. The Hall–Kier alpha value is -3.46. The first-order valence-electron chi connectivity index (χ1n) is 11.1. The summed E-state index contributed by atoms with van der Waals surface area (Å²) in [5.74, 6) is 0. The van der Waals surface area contributed by atoms with Crippen LogP contribution in [-0.4, -0.2) is 4.98 Å². The summed E-state index contributed by atoms with van der Waals surface area (Å²) in [4.78, 5) is 4.75. The van der Waals surface area contributed by atoms with Crippen molar-refractivity contribution in [3.63, 3.8) is 0 Å². The van der Waals surface area contributed by atoms with Gasteiger partial charge < -0.3 is 4.42 Å². The summed E-state index contributed by atoms with van der Waals surface area (Å²) in [7, 11) is 1.87. The van der Waals surface area contributed by atoms with Crippen LogP contribution >= 0.6 is 0 Å². The quantitative estimate of drug-likeness (QED) is 0.347. The van der Waals surface area contributed by atoms with Crippen LogP contribution < -0.4 is 4.57 Å². The SMILES string of the molecule is [2H]C([2H])([2H])c1c[n+](C)c(-c2ccccc2C)cc1-c1ccc2c(n1)oc1cc(C)ccc12. The highest BCUT2D eigenvalue weighted by Crippen LogP contribution is 2.32. The lowest BCUT2D eigenvalue weighted by Crippen LogP contribution is -2.31. The Morgan fingerprint density at radius 2 is 1.72 bits per heavy atom. The van der Waals surface area contributed by atoms with Crippen LogP contribution in [0.15, 0.2) is 71.3 Å². The lowest BCUT2D eigenvalue weighted by Gasteiger charge is -2.09. The van der Waals surface area contributed by atoms with Gasteiger partial charge in [-0.15, -0.1) is 0 Å². The molecule has 142 valence electrons. The number of fused-ring (bicyclic) bond motifs is 3. The zero-order valence-electron chi connectivity index (χ0n) is 19.7. The molecule has 0 spiro atoms. The number of rotatable bonds is 2. The van der Waals surface area contributed by atoms with Gasteiger partial charge in [-0.05, 0) is 56.1 Å². The molecule has 29 heavy (non-hydrogen) atoms. The molecule has 0 unspecified atom stereocenters. The normalized spacial score (nSPS) is 13.4. The molecule has 0 saturated heterocycles. The van der Waals surface area contributed by atoms with Crippen molar-refractivity contribution in [3.05, 3.63) is 83.6 Å². The van der Waals surface area contributed by atoms with Gasteiger partial charge in [0.15, 0.2) is 6.20 Å². The molecule has 0 fully saturated rings. The van der Waals surface area contributed by atoms with Gasteiger partial charge in [0.2, 0.25) is 11.4 Å². The minimum absolute atomic E-state index is 0.260. The second-order valence-electron chi connectivity index (χ2n) is 7.56. The smallest absolute Gasteiger partial charge is 0.227 e. The fraction of sp³-hybridized carbons (Fsp3) is 0.154. The van der Waals surface area contributed by atoms with E-state index < -0.39 is 6.85 Å². The molecule has 5 aromatic rings. The summed E-state index contributed by atoms with van der Waals surface area (Å²) in [5.41, 5.74) is 6.91. The van der Waals surface area contributed by atoms with Gasteiger partial charge in [-0.1, -0.05) is 30.3 Å². The molecule has 0 atom stereocenters. The van der Waals surface area contributed by atoms with Crippen LogP contribution in [0.5, 0.6) is 0 Å². The summed E-state index contributed by atoms with van der Waals surface area (Å²) in [5, 5.41) is 1.92. The van der Waals surface area contributed by atoms with Gasteiger partial charge in [0.05, 0.1) is 5.69 Å². The van der Waals surface area contributed by atoms with Gasteiger partial charge in [0.25, 0.3) is 0 Å². The molecule has 0 amide bonds. The fourth-order valence-corrected chi connectivity index (χ4v) is 3.90. The molecule has 3 heterocycles. The second-order valence-corrected chi connectivity index (χ2v) is 7.56. The van der Waals surface area contributed by atoms with E-state index in [2.05, 4.69) is 0 Å². The molecule has 0 aliphatic heterocycles. The lowest BCUT2D eigenvalue weighted by molar-refractivity contribution is -0.660. The van der Waals surface area contributed by atoms with Crippen LogP contribution in [0.4, 0.5) is 0 Å². The standard InChI is InChI=1S/C26H23N2O/c1-16-9-10-20-21-11-12-23(27-26(21)29-25(20)13-16)22-14-24(28(4)15-18(22)3)19-8-6-5-7-17(19)2/h5-15H,1-4H3/q+1/i3D3. The topological polar surface area (TPSA) is 29.9 Å². The number of benzene rings is 2. The molecule has 3 aromatic heterocycles. The third-order valence-corrected chi connectivity index (χ3v) is 5.47. The van der Waals surface area contributed by atoms with Gasteiger partial charge >= 0.3 is 0 Å². The summed E-state index contributed by atoms with van der Waals surface area (Å²) in [6.45, 7) is 1.79. The molecular formula is C26H23N2O+.